The van der Waals surface area contributed by atoms with Gasteiger partial charge in [0.05, 0.1) is 23.5 Å². The van der Waals surface area contributed by atoms with E-state index in [1.165, 1.54) is 0 Å². The van der Waals surface area contributed by atoms with Crippen molar-refractivity contribution in [3.05, 3.63) is 46.8 Å². The van der Waals surface area contributed by atoms with Crippen LogP contribution in [0, 0.1) is 6.92 Å². The summed E-state index contributed by atoms with van der Waals surface area (Å²) in [6.45, 7) is 1.56. The predicted molar refractivity (Wildman–Crippen MR) is 75.5 cm³/mol. The van der Waals surface area contributed by atoms with Crippen molar-refractivity contribution in [2.45, 2.75) is 31.7 Å². The molecule has 0 aliphatic heterocycles. The number of rotatable bonds is 2. The van der Waals surface area contributed by atoms with Gasteiger partial charge in [-0.05, 0) is 18.1 Å². The van der Waals surface area contributed by atoms with Crippen LogP contribution in [-0.2, 0) is 6.18 Å². The molecule has 2 N–H and O–H groups in total. The molecule has 2 aromatic rings. The molecular formula is C15H16F3N3O. The van der Waals surface area contributed by atoms with Crippen LogP contribution in [0.3, 0.4) is 0 Å². The molecule has 0 saturated heterocycles. The Bertz CT molecular complexity index is 696. The van der Waals surface area contributed by atoms with Crippen LogP contribution in [0.5, 0.6) is 0 Å². The first kappa shape index (κ1) is 14.9. The van der Waals surface area contributed by atoms with Crippen LogP contribution in [0.15, 0.2) is 24.3 Å². The highest BCUT2D eigenvalue weighted by molar-refractivity contribution is 5.58. The zero-order valence-electron chi connectivity index (χ0n) is 12.1. The number of fused-ring (bicyclic) bond motifs is 1. The summed E-state index contributed by atoms with van der Waals surface area (Å²) in [6.07, 6.45) is -4.83. The number of halogens is 3. The quantitative estimate of drug-likeness (QED) is 0.894. The molecule has 1 aliphatic carbocycles. The Labute approximate surface area is 125 Å². The van der Waals surface area contributed by atoms with Crippen LogP contribution < -0.4 is 4.90 Å². The van der Waals surface area contributed by atoms with Gasteiger partial charge >= 0.3 is 6.18 Å². The standard InChI is InChI=1S/C15H16F3N3O/c1-8-13(14(20-19-8)15(16,17)18)21(2)11-7-12(22)10-6-4-3-5-9(10)11/h3-6,11-12,22H,7H2,1-2H3,(H,19,20). The number of aromatic nitrogens is 2. The minimum absolute atomic E-state index is 0.0291. The van der Waals surface area contributed by atoms with Gasteiger partial charge in [0.1, 0.15) is 0 Å². The summed E-state index contributed by atoms with van der Waals surface area (Å²) >= 11 is 0. The first-order valence-corrected chi connectivity index (χ1v) is 6.92. The Morgan fingerprint density at radius 3 is 2.55 bits per heavy atom. The molecule has 1 aromatic heterocycles. The number of aliphatic hydroxyl groups excluding tert-OH is 1. The zero-order valence-corrected chi connectivity index (χ0v) is 12.1. The number of H-pyrrole nitrogens is 1. The number of hydrogen-bond donors (Lipinski definition) is 2. The molecule has 1 heterocycles. The van der Waals surface area contributed by atoms with E-state index in [2.05, 4.69) is 10.2 Å². The van der Waals surface area contributed by atoms with Crippen LogP contribution in [0.2, 0.25) is 0 Å². The molecule has 0 bridgehead atoms. The number of aromatic amines is 1. The Kier molecular flexibility index (Phi) is 3.40. The predicted octanol–water partition coefficient (Wildman–Crippen LogP) is 3.35. The van der Waals surface area contributed by atoms with E-state index >= 15 is 0 Å². The molecule has 0 radical (unpaired) electrons. The SMILES string of the molecule is Cc1[nH]nc(C(F)(F)F)c1N(C)C1CC(O)c2ccccc21. The Hall–Kier alpha value is -2.02. The lowest BCUT2D eigenvalue weighted by atomic mass is 10.1. The van der Waals surface area contributed by atoms with Crippen molar-refractivity contribution in [1.82, 2.24) is 10.2 Å². The highest BCUT2D eigenvalue weighted by atomic mass is 19.4. The summed E-state index contributed by atoms with van der Waals surface area (Å²) in [7, 11) is 1.60. The van der Waals surface area contributed by atoms with Gasteiger partial charge < -0.3 is 10.0 Å². The maximum atomic E-state index is 13.1. The minimum atomic E-state index is -4.52. The van der Waals surface area contributed by atoms with Gasteiger partial charge in [0.25, 0.3) is 0 Å². The van der Waals surface area contributed by atoms with E-state index in [4.69, 9.17) is 0 Å². The third-order valence-corrected chi connectivity index (χ3v) is 4.16. The number of aryl methyl sites for hydroxylation is 1. The van der Waals surface area contributed by atoms with Crippen LogP contribution in [0.1, 0.15) is 41.1 Å². The number of benzene rings is 1. The van der Waals surface area contributed by atoms with E-state index in [9.17, 15) is 18.3 Å². The average molecular weight is 311 g/mol. The number of nitrogens with zero attached hydrogens (tertiary/aromatic N) is 2. The fourth-order valence-corrected chi connectivity index (χ4v) is 3.16. The Morgan fingerprint density at radius 2 is 1.91 bits per heavy atom. The van der Waals surface area contributed by atoms with Gasteiger partial charge in [0, 0.05) is 13.5 Å². The Morgan fingerprint density at radius 1 is 1.27 bits per heavy atom. The smallest absolute Gasteiger partial charge is 0.388 e. The number of aliphatic hydroxyl groups is 1. The summed E-state index contributed by atoms with van der Waals surface area (Å²) in [6, 6.07) is 6.97. The molecule has 118 valence electrons. The molecule has 0 fully saturated rings. The van der Waals surface area contributed by atoms with Crippen LogP contribution >= 0.6 is 0 Å². The summed E-state index contributed by atoms with van der Waals surface area (Å²) in [4.78, 5) is 1.55. The van der Waals surface area contributed by atoms with Crippen molar-refractivity contribution in [3.63, 3.8) is 0 Å². The van der Waals surface area contributed by atoms with Gasteiger partial charge in [0.2, 0.25) is 0 Å². The van der Waals surface area contributed by atoms with Gasteiger partial charge in [-0.25, -0.2) is 0 Å². The van der Waals surface area contributed by atoms with E-state index in [1.54, 1.807) is 24.9 Å². The second-order valence-corrected chi connectivity index (χ2v) is 5.55. The van der Waals surface area contributed by atoms with Gasteiger partial charge in [-0.15, -0.1) is 0 Å². The molecule has 22 heavy (non-hydrogen) atoms. The summed E-state index contributed by atoms with van der Waals surface area (Å²) in [5, 5.41) is 15.9. The van der Waals surface area contributed by atoms with E-state index in [-0.39, 0.29) is 11.7 Å². The summed E-state index contributed by atoms with van der Waals surface area (Å²) < 4.78 is 39.4. The topological polar surface area (TPSA) is 52.2 Å². The van der Waals surface area contributed by atoms with Gasteiger partial charge in [-0.3, -0.25) is 5.10 Å². The van der Waals surface area contributed by atoms with Crippen molar-refractivity contribution in [2.24, 2.45) is 0 Å². The van der Waals surface area contributed by atoms with Gasteiger partial charge in [-0.1, -0.05) is 24.3 Å². The fourth-order valence-electron chi connectivity index (χ4n) is 3.16. The maximum Gasteiger partial charge on any atom is 0.437 e. The fraction of sp³-hybridized carbons (Fsp3) is 0.400. The lowest BCUT2D eigenvalue weighted by Gasteiger charge is -2.28. The molecule has 4 nitrogen and oxygen atoms in total. The molecule has 0 saturated carbocycles. The van der Waals surface area contributed by atoms with Crippen molar-refractivity contribution in [2.75, 3.05) is 11.9 Å². The highest BCUT2D eigenvalue weighted by Crippen LogP contribution is 2.46. The van der Waals surface area contributed by atoms with Gasteiger partial charge in [-0.2, -0.15) is 18.3 Å². The second-order valence-electron chi connectivity index (χ2n) is 5.55. The van der Waals surface area contributed by atoms with Crippen LogP contribution in [-0.4, -0.2) is 22.4 Å². The lowest BCUT2D eigenvalue weighted by molar-refractivity contribution is -0.140. The number of alkyl halides is 3. The monoisotopic (exact) mass is 311 g/mol. The van der Waals surface area contributed by atoms with Crippen LogP contribution in [0.25, 0.3) is 0 Å². The molecule has 3 rings (SSSR count). The van der Waals surface area contributed by atoms with E-state index in [1.807, 2.05) is 18.2 Å². The molecular weight excluding hydrogens is 295 g/mol. The third-order valence-electron chi connectivity index (χ3n) is 4.16. The second kappa shape index (κ2) is 5.01. The zero-order chi connectivity index (χ0) is 16.1. The van der Waals surface area contributed by atoms with E-state index in [0.29, 0.717) is 12.1 Å². The van der Waals surface area contributed by atoms with Crippen molar-refractivity contribution < 1.29 is 18.3 Å². The molecule has 2 atom stereocenters. The average Bonchev–Trinajstić information content (AvgIpc) is 3.00. The third kappa shape index (κ3) is 2.25. The molecule has 1 aliphatic rings. The number of hydrogen-bond acceptors (Lipinski definition) is 3. The number of anilines is 1. The van der Waals surface area contributed by atoms with Crippen molar-refractivity contribution in [3.8, 4) is 0 Å². The van der Waals surface area contributed by atoms with Crippen molar-refractivity contribution >= 4 is 5.69 Å². The van der Waals surface area contributed by atoms with E-state index in [0.717, 1.165) is 11.1 Å². The first-order valence-electron chi connectivity index (χ1n) is 6.92. The Balaban J connectivity index is 2.03. The van der Waals surface area contributed by atoms with E-state index < -0.39 is 18.0 Å². The summed E-state index contributed by atoms with van der Waals surface area (Å²) in [5.74, 6) is 0. The maximum absolute atomic E-state index is 13.1. The highest BCUT2D eigenvalue weighted by Gasteiger charge is 2.41. The van der Waals surface area contributed by atoms with Crippen molar-refractivity contribution in [1.29, 1.82) is 0 Å². The molecule has 7 heteroatoms. The summed E-state index contributed by atoms with van der Waals surface area (Å²) in [5.41, 5.74) is 1.08. The first-order chi connectivity index (χ1) is 10.3. The molecule has 2 unspecified atom stereocenters. The van der Waals surface area contributed by atoms with Crippen LogP contribution in [0.4, 0.5) is 18.9 Å². The minimum Gasteiger partial charge on any atom is -0.388 e. The van der Waals surface area contributed by atoms with Gasteiger partial charge in [0.15, 0.2) is 5.69 Å². The number of nitrogens with one attached hydrogen (secondary N) is 1. The molecule has 0 amide bonds. The lowest BCUT2D eigenvalue weighted by Crippen LogP contribution is -2.25. The molecule has 1 aromatic carbocycles. The molecule has 0 spiro atoms. The largest absolute Gasteiger partial charge is 0.437 e. The normalized spacial score (nSPS) is 21.0.